The Morgan fingerprint density at radius 2 is 2.13 bits per heavy atom. The topological polar surface area (TPSA) is 81.7 Å². The van der Waals surface area contributed by atoms with Gasteiger partial charge < -0.3 is 9.47 Å². The van der Waals surface area contributed by atoms with Crippen molar-refractivity contribution in [1.82, 2.24) is 5.32 Å². The van der Waals surface area contributed by atoms with E-state index in [1.807, 2.05) is 6.92 Å². The van der Waals surface area contributed by atoms with Crippen molar-refractivity contribution < 1.29 is 23.9 Å². The normalized spacial score (nSPS) is 18.9. The fourth-order valence-corrected chi connectivity index (χ4v) is 2.73. The Kier molecular flexibility index (Phi) is 4.38. The minimum absolute atomic E-state index is 0.00383. The molecule has 2 amide bonds. The molecule has 1 aromatic rings. The van der Waals surface area contributed by atoms with Crippen molar-refractivity contribution in [3.63, 3.8) is 0 Å². The standard InChI is InChI=1S/C16H15NO5S/c1-2-21-12-7-9(8-13-14(18)17-16(20)23-13)3-6-11(12)22-15(19)10-4-5-10/h3,6-8,10H,2,4-5H2,1H3,(H,17,18,20). The summed E-state index contributed by atoms with van der Waals surface area (Å²) in [5, 5.41) is 1.81. The maximum absolute atomic E-state index is 11.8. The lowest BCUT2D eigenvalue weighted by atomic mass is 10.2. The zero-order chi connectivity index (χ0) is 16.4. The molecule has 1 heterocycles. The molecule has 1 aliphatic carbocycles. The highest BCUT2D eigenvalue weighted by molar-refractivity contribution is 8.18. The maximum atomic E-state index is 11.8. The number of hydrogen-bond donors (Lipinski definition) is 1. The number of nitrogens with one attached hydrogen (secondary N) is 1. The Bertz CT molecular complexity index is 708. The highest BCUT2D eigenvalue weighted by Gasteiger charge is 2.32. The number of amides is 2. The van der Waals surface area contributed by atoms with Gasteiger partial charge in [0.2, 0.25) is 0 Å². The van der Waals surface area contributed by atoms with E-state index in [-0.39, 0.29) is 17.1 Å². The van der Waals surface area contributed by atoms with Gasteiger partial charge in [-0.2, -0.15) is 0 Å². The van der Waals surface area contributed by atoms with E-state index in [2.05, 4.69) is 5.32 Å². The molecule has 3 rings (SSSR count). The lowest BCUT2D eigenvalue weighted by Crippen LogP contribution is -2.17. The Morgan fingerprint density at radius 3 is 2.74 bits per heavy atom. The lowest BCUT2D eigenvalue weighted by Gasteiger charge is -2.11. The smallest absolute Gasteiger partial charge is 0.314 e. The second-order valence-corrected chi connectivity index (χ2v) is 6.20. The van der Waals surface area contributed by atoms with Crippen LogP contribution in [-0.4, -0.2) is 23.7 Å². The van der Waals surface area contributed by atoms with Crippen molar-refractivity contribution in [3.05, 3.63) is 28.7 Å². The number of rotatable bonds is 5. The van der Waals surface area contributed by atoms with E-state index in [9.17, 15) is 14.4 Å². The number of thioether (sulfide) groups is 1. The van der Waals surface area contributed by atoms with Gasteiger partial charge in [-0.3, -0.25) is 19.7 Å². The molecule has 2 aliphatic rings. The Labute approximate surface area is 137 Å². The first-order valence-corrected chi connectivity index (χ1v) is 8.12. The number of hydrogen-bond acceptors (Lipinski definition) is 6. The van der Waals surface area contributed by atoms with E-state index >= 15 is 0 Å². The van der Waals surface area contributed by atoms with Crippen LogP contribution in [0.2, 0.25) is 0 Å². The third-order valence-electron chi connectivity index (χ3n) is 3.33. The third kappa shape index (κ3) is 3.73. The van der Waals surface area contributed by atoms with Crippen LogP contribution in [0, 0.1) is 5.92 Å². The van der Waals surface area contributed by atoms with Crippen LogP contribution in [0.1, 0.15) is 25.3 Å². The molecule has 23 heavy (non-hydrogen) atoms. The Balaban J connectivity index is 1.83. The molecule has 1 aliphatic heterocycles. The first kappa shape index (κ1) is 15.6. The van der Waals surface area contributed by atoms with Crippen LogP contribution >= 0.6 is 11.8 Å². The molecule has 7 heteroatoms. The van der Waals surface area contributed by atoms with Crippen molar-refractivity contribution in [2.75, 3.05) is 6.61 Å². The highest BCUT2D eigenvalue weighted by Crippen LogP contribution is 2.35. The van der Waals surface area contributed by atoms with Crippen molar-refractivity contribution in [2.45, 2.75) is 19.8 Å². The molecule has 6 nitrogen and oxygen atoms in total. The van der Waals surface area contributed by atoms with Gasteiger partial charge in [-0.1, -0.05) is 6.07 Å². The summed E-state index contributed by atoms with van der Waals surface area (Å²) in [6, 6.07) is 5.03. The van der Waals surface area contributed by atoms with Gasteiger partial charge in [0.25, 0.3) is 11.1 Å². The Hall–Kier alpha value is -2.28. The van der Waals surface area contributed by atoms with Gasteiger partial charge in [0.1, 0.15) is 0 Å². The molecule has 1 N–H and O–H groups in total. The summed E-state index contributed by atoms with van der Waals surface area (Å²) in [5.41, 5.74) is 0.687. The number of carbonyl (C=O) groups excluding carboxylic acids is 3. The van der Waals surface area contributed by atoms with E-state index in [1.165, 1.54) is 0 Å². The molecule has 0 atom stereocenters. The van der Waals surface area contributed by atoms with Crippen LogP contribution in [0.3, 0.4) is 0 Å². The predicted molar refractivity (Wildman–Crippen MR) is 85.1 cm³/mol. The van der Waals surface area contributed by atoms with Crippen LogP contribution in [0.5, 0.6) is 11.5 Å². The predicted octanol–water partition coefficient (Wildman–Crippen LogP) is 2.72. The summed E-state index contributed by atoms with van der Waals surface area (Å²) < 4.78 is 10.9. The highest BCUT2D eigenvalue weighted by atomic mass is 32.2. The molecule has 0 radical (unpaired) electrons. The van der Waals surface area contributed by atoms with Gasteiger partial charge in [-0.25, -0.2) is 0 Å². The zero-order valence-electron chi connectivity index (χ0n) is 12.5. The molecule has 1 saturated carbocycles. The quantitative estimate of drug-likeness (QED) is 0.507. The summed E-state index contributed by atoms with van der Waals surface area (Å²) >= 11 is 0.850. The lowest BCUT2D eigenvalue weighted by molar-refractivity contribution is -0.135. The average Bonchev–Trinajstić information content (AvgIpc) is 3.29. The summed E-state index contributed by atoms with van der Waals surface area (Å²) in [6.45, 7) is 2.25. The molecule has 1 aromatic carbocycles. The van der Waals surface area contributed by atoms with Gasteiger partial charge >= 0.3 is 5.97 Å². The fraction of sp³-hybridized carbons (Fsp3) is 0.312. The first-order valence-electron chi connectivity index (χ1n) is 7.30. The molecule has 0 spiro atoms. The molecular formula is C16H15NO5S. The monoisotopic (exact) mass is 333 g/mol. The van der Waals surface area contributed by atoms with Crippen molar-refractivity contribution >= 4 is 35.0 Å². The van der Waals surface area contributed by atoms with Crippen LogP contribution in [0.15, 0.2) is 23.1 Å². The minimum Gasteiger partial charge on any atom is -0.490 e. The van der Waals surface area contributed by atoms with Crippen molar-refractivity contribution in [2.24, 2.45) is 5.92 Å². The molecule has 0 unspecified atom stereocenters. The number of benzene rings is 1. The van der Waals surface area contributed by atoms with Crippen LogP contribution in [0.4, 0.5) is 4.79 Å². The average molecular weight is 333 g/mol. The second kappa shape index (κ2) is 6.45. The van der Waals surface area contributed by atoms with Gasteiger partial charge in [0, 0.05) is 0 Å². The number of imide groups is 1. The molecule has 0 aromatic heterocycles. The van der Waals surface area contributed by atoms with Crippen LogP contribution in [-0.2, 0) is 9.59 Å². The van der Waals surface area contributed by atoms with E-state index in [0.29, 0.717) is 28.6 Å². The van der Waals surface area contributed by atoms with E-state index in [0.717, 1.165) is 24.6 Å². The number of esters is 1. The van der Waals surface area contributed by atoms with Gasteiger partial charge in [-0.15, -0.1) is 0 Å². The van der Waals surface area contributed by atoms with E-state index in [1.54, 1.807) is 24.3 Å². The van der Waals surface area contributed by atoms with Crippen molar-refractivity contribution in [1.29, 1.82) is 0 Å². The molecule has 2 fully saturated rings. The summed E-state index contributed by atoms with van der Waals surface area (Å²) in [5.74, 6) is 0.141. The molecule has 0 bridgehead atoms. The van der Waals surface area contributed by atoms with Gasteiger partial charge in [-0.05, 0) is 55.3 Å². The number of ether oxygens (including phenoxy) is 2. The van der Waals surface area contributed by atoms with Crippen LogP contribution in [0.25, 0.3) is 6.08 Å². The van der Waals surface area contributed by atoms with Gasteiger partial charge in [0.05, 0.1) is 17.4 Å². The molecule has 120 valence electrons. The summed E-state index contributed by atoms with van der Waals surface area (Å²) in [7, 11) is 0. The molecule has 1 saturated heterocycles. The van der Waals surface area contributed by atoms with Crippen LogP contribution < -0.4 is 14.8 Å². The largest absolute Gasteiger partial charge is 0.490 e. The summed E-state index contributed by atoms with van der Waals surface area (Å²) in [6.07, 6.45) is 3.33. The first-order chi connectivity index (χ1) is 11.1. The van der Waals surface area contributed by atoms with Crippen molar-refractivity contribution in [3.8, 4) is 11.5 Å². The zero-order valence-corrected chi connectivity index (χ0v) is 13.3. The number of carbonyl (C=O) groups is 3. The Morgan fingerprint density at radius 1 is 1.35 bits per heavy atom. The third-order valence-corrected chi connectivity index (χ3v) is 4.14. The maximum Gasteiger partial charge on any atom is 0.314 e. The minimum atomic E-state index is -0.415. The van der Waals surface area contributed by atoms with E-state index < -0.39 is 5.91 Å². The van der Waals surface area contributed by atoms with Gasteiger partial charge in [0.15, 0.2) is 11.5 Å². The SMILES string of the molecule is CCOc1cc(C=C2SC(=O)NC2=O)ccc1OC(=O)C1CC1. The second-order valence-electron chi connectivity index (χ2n) is 5.19. The summed E-state index contributed by atoms with van der Waals surface area (Å²) in [4.78, 5) is 34.9. The fourth-order valence-electron chi connectivity index (χ4n) is 2.05. The van der Waals surface area contributed by atoms with E-state index in [4.69, 9.17) is 9.47 Å². The molecular weight excluding hydrogens is 318 g/mol.